The lowest BCUT2D eigenvalue weighted by molar-refractivity contribution is -0.133. The molecule has 1 atom stereocenters. The third-order valence-electron chi connectivity index (χ3n) is 5.30. The molecule has 2 saturated heterocycles. The van der Waals surface area contributed by atoms with Crippen LogP contribution in [0.25, 0.3) is 5.65 Å². The van der Waals surface area contributed by atoms with Crippen LogP contribution < -0.4 is 4.90 Å². The van der Waals surface area contributed by atoms with Crippen LogP contribution in [0.4, 0.5) is 5.82 Å². The number of fused-ring (bicyclic) bond motifs is 1. The molecule has 25 heavy (non-hydrogen) atoms. The van der Waals surface area contributed by atoms with Crippen LogP contribution in [-0.4, -0.2) is 80.1 Å². The first-order valence-electron chi connectivity index (χ1n) is 9.09. The average Bonchev–Trinajstić information content (AvgIpc) is 3.15. The number of carbonyl (C=O) groups is 1. The highest BCUT2D eigenvalue weighted by atomic mass is 16.2. The molecule has 0 N–H and O–H groups in total. The van der Waals surface area contributed by atoms with E-state index in [9.17, 15) is 4.79 Å². The largest absolute Gasteiger partial charge is 0.352 e. The van der Waals surface area contributed by atoms with Crippen LogP contribution in [-0.2, 0) is 4.79 Å². The molecule has 2 aromatic rings. The van der Waals surface area contributed by atoms with Gasteiger partial charge in [-0.1, -0.05) is 0 Å². The second kappa shape index (κ2) is 6.59. The van der Waals surface area contributed by atoms with Gasteiger partial charge in [0.05, 0.1) is 6.04 Å². The summed E-state index contributed by atoms with van der Waals surface area (Å²) in [5, 5.41) is 8.18. The Morgan fingerprint density at radius 2 is 2.04 bits per heavy atom. The van der Waals surface area contributed by atoms with Crippen LogP contribution in [0.1, 0.15) is 26.7 Å². The van der Waals surface area contributed by atoms with Crippen molar-refractivity contribution in [3.8, 4) is 0 Å². The van der Waals surface area contributed by atoms with Crippen LogP contribution in [0.2, 0.25) is 0 Å². The molecular weight excluding hydrogens is 318 g/mol. The summed E-state index contributed by atoms with van der Waals surface area (Å²) in [5.41, 5.74) is 0.791. The smallest absolute Gasteiger partial charge is 0.240 e. The zero-order valence-corrected chi connectivity index (χ0v) is 14.9. The zero-order chi connectivity index (χ0) is 17.4. The molecule has 0 radical (unpaired) electrons. The van der Waals surface area contributed by atoms with Crippen molar-refractivity contribution in [3.63, 3.8) is 0 Å². The molecule has 0 saturated carbocycles. The number of anilines is 1. The minimum absolute atomic E-state index is 0.0409. The number of nitrogens with zero attached hydrogens (tertiary/aromatic N) is 7. The van der Waals surface area contributed by atoms with Crippen molar-refractivity contribution in [2.24, 2.45) is 0 Å². The molecule has 2 aliphatic rings. The van der Waals surface area contributed by atoms with Gasteiger partial charge in [0.2, 0.25) is 11.6 Å². The molecule has 134 valence electrons. The Morgan fingerprint density at radius 3 is 2.84 bits per heavy atom. The number of likely N-dealkylation sites (tertiary alicyclic amines) is 1. The fourth-order valence-corrected chi connectivity index (χ4v) is 3.97. The Hall–Kier alpha value is -2.22. The fourth-order valence-electron chi connectivity index (χ4n) is 3.97. The Bertz CT molecular complexity index is 758. The monoisotopic (exact) mass is 343 g/mol. The van der Waals surface area contributed by atoms with Crippen molar-refractivity contribution in [3.05, 3.63) is 18.7 Å². The van der Waals surface area contributed by atoms with Crippen LogP contribution in [0, 0.1) is 0 Å². The molecule has 4 heterocycles. The number of amides is 1. The van der Waals surface area contributed by atoms with Gasteiger partial charge < -0.3 is 9.80 Å². The van der Waals surface area contributed by atoms with Crippen LogP contribution in [0.15, 0.2) is 18.7 Å². The summed E-state index contributed by atoms with van der Waals surface area (Å²) in [6.45, 7) is 8.66. The topological polar surface area (TPSA) is 69.9 Å². The average molecular weight is 343 g/mol. The van der Waals surface area contributed by atoms with Crippen molar-refractivity contribution in [1.82, 2.24) is 29.4 Å². The molecule has 1 unspecified atom stereocenters. The number of hydrogen-bond acceptors (Lipinski definition) is 6. The SMILES string of the molecule is CC(C)N1CCC(N2CCCN(c3nccn4cnnc34)CC2)C1=O. The maximum atomic E-state index is 12.7. The lowest BCUT2D eigenvalue weighted by Crippen LogP contribution is -2.45. The molecular formula is C17H25N7O. The van der Waals surface area contributed by atoms with E-state index in [1.54, 1.807) is 12.5 Å². The van der Waals surface area contributed by atoms with Crippen molar-refractivity contribution in [2.45, 2.75) is 38.8 Å². The summed E-state index contributed by atoms with van der Waals surface area (Å²) in [5.74, 6) is 1.17. The lowest BCUT2D eigenvalue weighted by atomic mass is 10.2. The van der Waals surface area contributed by atoms with E-state index in [-0.39, 0.29) is 12.1 Å². The molecule has 8 nitrogen and oxygen atoms in total. The number of aromatic nitrogens is 4. The van der Waals surface area contributed by atoms with E-state index in [4.69, 9.17) is 0 Å². The third kappa shape index (κ3) is 2.95. The van der Waals surface area contributed by atoms with Gasteiger partial charge in [-0.25, -0.2) is 4.98 Å². The van der Waals surface area contributed by atoms with E-state index in [1.165, 1.54) is 0 Å². The molecule has 2 fully saturated rings. The molecule has 0 bridgehead atoms. The highest BCUT2D eigenvalue weighted by Gasteiger charge is 2.37. The van der Waals surface area contributed by atoms with Crippen molar-refractivity contribution in [2.75, 3.05) is 37.6 Å². The Balaban J connectivity index is 1.48. The highest BCUT2D eigenvalue weighted by Crippen LogP contribution is 2.23. The van der Waals surface area contributed by atoms with Crippen LogP contribution >= 0.6 is 0 Å². The first kappa shape index (κ1) is 16.3. The standard InChI is InChI=1S/C17H25N7O/c1-13(2)24-8-4-14(17(24)25)21-6-3-7-22(11-10-21)15-16-20-19-12-23(16)9-5-18-15/h5,9,12-14H,3-4,6-8,10-11H2,1-2H3. The van der Waals surface area contributed by atoms with Crippen molar-refractivity contribution >= 4 is 17.4 Å². The first-order chi connectivity index (χ1) is 12.1. The fraction of sp³-hybridized carbons (Fsp3) is 0.647. The summed E-state index contributed by atoms with van der Waals surface area (Å²) < 4.78 is 1.89. The minimum Gasteiger partial charge on any atom is -0.352 e. The molecule has 0 aliphatic carbocycles. The van der Waals surface area contributed by atoms with Gasteiger partial charge in [-0.15, -0.1) is 10.2 Å². The van der Waals surface area contributed by atoms with Gasteiger partial charge in [0.1, 0.15) is 6.33 Å². The van der Waals surface area contributed by atoms with Gasteiger partial charge in [-0.3, -0.25) is 14.1 Å². The minimum atomic E-state index is 0.0409. The van der Waals surface area contributed by atoms with Crippen LogP contribution in [0.5, 0.6) is 0 Å². The first-order valence-corrected chi connectivity index (χ1v) is 9.09. The van der Waals surface area contributed by atoms with E-state index in [2.05, 4.69) is 38.8 Å². The van der Waals surface area contributed by atoms with E-state index in [0.29, 0.717) is 5.91 Å². The quantitative estimate of drug-likeness (QED) is 0.815. The second-order valence-corrected chi connectivity index (χ2v) is 7.12. The van der Waals surface area contributed by atoms with Gasteiger partial charge in [-0.2, -0.15) is 0 Å². The van der Waals surface area contributed by atoms with Crippen LogP contribution in [0.3, 0.4) is 0 Å². The lowest BCUT2D eigenvalue weighted by Gasteiger charge is -2.27. The van der Waals surface area contributed by atoms with Gasteiger partial charge >= 0.3 is 0 Å². The summed E-state index contributed by atoms with van der Waals surface area (Å²) in [6.07, 6.45) is 7.30. The van der Waals surface area contributed by atoms with E-state index < -0.39 is 0 Å². The predicted octanol–water partition coefficient (Wildman–Crippen LogP) is 0.646. The zero-order valence-electron chi connectivity index (χ0n) is 14.9. The molecule has 4 rings (SSSR count). The summed E-state index contributed by atoms with van der Waals surface area (Å²) in [7, 11) is 0. The van der Waals surface area contributed by atoms with Crippen molar-refractivity contribution in [1.29, 1.82) is 0 Å². The summed E-state index contributed by atoms with van der Waals surface area (Å²) in [4.78, 5) is 23.8. The summed E-state index contributed by atoms with van der Waals surface area (Å²) in [6, 6.07) is 0.329. The van der Waals surface area contributed by atoms with Gasteiger partial charge in [0.15, 0.2) is 5.82 Å². The molecule has 2 aromatic heterocycles. The van der Waals surface area contributed by atoms with E-state index >= 15 is 0 Å². The predicted molar refractivity (Wildman–Crippen MR) is 94.4 cm³/mol. The van der Waals surface area contributed by atoms with Gasteiger partial charge in [-0.05, 0) is 26.7 Å². The van der Waals surface area contributed by atoms with E-state index in [1.807, 2.05) is 15.5 Å². The molecule has 2 aliphatic heterocycles. The number of hydrogen-bond donors (Lipinski definition) is 0. The van der Waals surface area contributed by atoms with Crippen molar-refractivity contribution < 1.29 is 4.79 Å². The maximum absolute atomic E-state index is 12.7. The molecule has 0 spiro atoms. The Labute approximate surface area is 147 Å². The Kier molecular flexibility index (Phi) is 4.29. The number of rotatable bonds is 3. The maximum Gasteiger partial charge on any atom is 0.240 e. The third-order valence-corrected chi connectivity index (χ3v) is 5.30. The second-order valence-electron chi connectivity index (χ2n) is 7.12. The van der Waals surface area contributed by atoms with Gasteiger partial charge in [0, 0.05) is 51.2 Å². The molecule has 0 aromatic carbocycles. The molecule has 8 heteroatoms. The summed E-state index contributed by atoms with van der Waals surface area (Å²) >= 11 is 0. The highest BCUT2D eigenvalue weighted by molar-refractivity contribution is 5.84. The number of carbonyl (C=O) groups excluding carboxylic acids is 1. The molecule has 1 amide bonds. The van der Waals surface area contributed by atoms with Gasteiger partial charge in [0.25, 0.3) is 0 Å². The van der Waals surface area contributed by atoms with E-state index in [0.717, 1.165) is 57.0 Å². The normalized spacial score (nSPS) is 23.0. The Morgan fingerprint density at radius 1 is 1.16 bits per heavy atom.